The minimum Gasteiger partial charge on any atom is -0.396 e. The van der Waals surface area contributed by atoms with Crippen molar-refractivity contribution in [3.8, 4) is 0 Å². The first-order chi connectivity index (χ1) is 7.01. The van der Waals surface area contributed by atoms with E-state index in [9.17, 15) is 19.8 Å². The van der Waals surface area contributed by atoms with Crippen LogP contribution < -0.4 is 10.6 Å². The van der Waals surface area contributed by atoms with Crippen molar-refractivity contribution in [1.82, 2.24) is 10.6 Å². The fourth-order valence-corrected chi connectivity index (χ4v) is 2.23. The summed E-state index contributed by atoms with van der Waals surface area (Å²) in [6.07, 6.45) is -2.57. The van der Waals surface area contributed by atoms with E-state index < -0.39 is 35.6 Å². The highest BCUT2D eigenvalue weighted by atomic mass is 16.3. The Morgan fingerprint density at radius 1 is 1.40 bits per heavy atom. The molecule has 2 aliphatic rings. The molecular formula is C8H12N2O5. The topological polar surface area (TPSA) is 119 Å². The molecule has 1 aliphatic heterocycles. The maximum atomic E-state index is 11.5. The number of rotatable bonds is 1. The fraction of sp³-hybridized carbons (Fsp3) is 0.750. The highest BCUT2D eigenvalue weighted by Gasteiger charge is 2.61. The lowest BCUT2D eigenvalue weighted by Crippen LogP contribution is -2.55. The van der Waals surface area contributed by atoms with Gasteiger partial charge in [-0.2, -0.15) is 0 Å². The summed E-state index contributed by atoms with van der Waals surface area (Å²) >= 11 is 0. The van der Waals surface area contributed by atoms with Gasteiger partial charge in [0, 0.05) is 12.5 Å². The van der Waals surface area contributed by atoms with Gasteiger partial charge in [0.2, 0.25) is 0 Å². The van der Waals surface area contributed by atoms with Gasteiger partial charge < -0.3 is 20.6 Å². The van der Waals surface area contributed by atoms with Crippen molar-refractivity contribution < 1.29 is 24.9 Å². The third-order valence-electron chi connectivity index (χ3n) is 3.10. The van der Waals surface area contributed by atoms with Crippen LogP contribution in [0.2, 0.25) is 0 Å². The molecule has 1 aliphatic carbocycles. The molecule has 0 bridgehead atoms. The number of nitrogens with one attached hydrogen (secondary N) is 2. The third kappa shape index (κ3) is 1.24. The summed E-state index contributed by atoms with van der Waals surface area (Å²) in [7, 11) is 0. The van der Waals surface area contributed by atoms with Crippen molar-refractivity contribution in [2.75, 3.05) is 6.61 Å². The summed E-state index contributed by atoms with van der Waals surface area (Å²) in [5, 5.41) is 32.5. The summed E-state index contributed by atoms with van der Waals surface area (Å²) in [5.74, 6) is -1.26. The number of carbonyl (C=O) groups is 2. The Balaban J connectivity index is 2.30. The largest absolute Gasteiger partial charge is 0.396 e. The van der Waals surface area contributed by atoms with Crippen LogP contribution in [0.4, 0.5) is 4.79 Å². The number of hydrogen-bond acceptors (Lipinski definition) is 5. The standard InChI is InChI=1S/C8H12N2O5/c11-2-3-1-8(5(13)4(3)12)6(14)9-7(15)10-8/h3-5,11-13H,1-2H2,(H2,9,10,14,15)/t3-,4-,5-,8-/m1/s1. The zero-order valence-corrected chi connectivity index (χ0v) is 7.80. The average molecular weight is 216 g/mol. The van der Waals surface area contributed by atoms with E-state index in [0.717, 1.165) is 0 Å². The summed E-state index contributed by atoms with van der Waals surface area (Å²) in [4.78, 5) is 22.4. The van der Waals surface area contributed by atoms with Crippen LogP contribution in [0.1, 0.15) is 6.42 Å². The lowest BCUT2D eigenvalue weighted by Gasteiger charge is -2.24. The average Bonchev–Trinajstić information content (AvgIpc) is 2.60. The fourth-order valence-electron chi connectivity index (χ4n) is 2.23. The Morgan fingerprint density at radius 3 is 2.47 bits per heavy atom. The first-order valence-corrected chi connectivity index (χ1v) is 4.62. The SMILES string of the molecule is O=C1NC(=O)[C@]2(C[C@H](CO)[C@@H](O)[C@H]2O)N1. The van der Waals surface area contributed by atoms with Crippen LogP contribution in [0.5, 0.6) is 0 Å². The molecule has 1 saturated heterocycles. The molecule has 7 heteroatoms. The van der Waals surface area contributed by atoms with Crippen LogP contribution in [0.15, 0.2) is 0 Å². The number of aliphatic hydroxyl groups excluding tert-OH is 3. The predicted molar refractivity (Wildman–Crippen MR) is 46.6 cm³/mol. The molecule has 1 heterocycles. The molecule has 3 amide bonds. The summed E-state index contributed by atoms with van der Waals surface area (Å²) in [5.41, 5.74) is -1.48. The highest BCUT2D eigenvalue weighted by Crippen LogP contribution is 2.36. The van der Waals surface area contributed by atoms with Gasteiger partial charge in [-0.15, -0.1) is 0 Å². The molecule has 0 aromatic rings. The maximum Gasteiger partial charge on any atom is 0.322 e. The van der Waals surface area contributed by atoms with Gasteiger partial charge in [0.15, 0.2) is 0 Å². The van der Waals surface area contributed by atoms with E-state index in [1.54, 1.807) is 0 Å². The Morgan fingerprint density at radius 2 is 2.07 bits per heavy atom. The molecule has 1 saturated carbocycles. The molecule has 5 N–H and O–H groups in total. The van der Waals surface area contributed by atoms with Crippen molar-refractivity contribution in [3.05, 3.63) is 0 Å². The van der Waals surface area contributed by atoms with Crippen LogP contribution in [0.3, 0.4) is 0 Å². The molecule has 0 radical (unpaired) electrons. The molecule has 15 heavy (non-hydrogen) atoms. The number of aliphatic hydroxyl groups is 3. The molecular weight excluding hydrogens is 204 g/mol. The van der Waals surface area contributed by atoms with Gasteiger partial charge in [-0.25, -0.2) is 4.79 Å². The summed E-state index contributed by atoms with van der Waals surface area (Å²) in [6, 6.07) is -0.690. The lowest BCUT2D eigenvalue weighted by molar-refractivity contribution is -0.128. The Labute approximate surface area is 85.1 Å². The number of urea groups is 1. The summed E-state index contributed by atoms with van der Waals surface area (Å²) < 4.78 is 0. The van der Waals surface area contributed by atoms with Gasteiger partial charge in [-0.05, 0) is 6.42 Å². The predicted octanol–water partition coefficient (Wildman–Crippen LogP) is -2.70. The zero-order chi connectivity index (χ0) is 11.2. The Kier molecular flexibility index (Phi) is 2.18. The number of imide groups is 1. The molecule has 0 aromatic heterocycles. The third-order valence-corrected chi connectivity index (χ3v) is 3.10. The van der Waals surface area contributed by atoms with E-state index in [2.05, 4.69) is 5.32 Å². The number of amides is 3. The van der Waals surface area contributed by atoms with Crippen molar-refractivity contribution in [2.24, 2.45) is 5.92 Å². The van der Waals surface area contributed by atoms with Crippen LogP contribution in [-0.2, 0) is 4.79 Å². The van der Waals surface area contributed by atoms with E-state index in [1.165, 1.54) is 0 Å². The minimum absolute atomic E-state index is 0.0312. The van der Waals surface area contributed by atoms with Gasteiger partial charge >= 0.3 is 6.03 Å². The van der Waals surface area contributed by atoms with Gasteiger partial charge in [-0.1, -0.05) is 0 Å². The van der Waals surface area contributed by atoms with E-state index >= 15 is 0 Å². The maximum absolute atomic E-state index is 11.5. The molecule has 0 aromatic carbocycles. The van der Waals surface area contributed by atoms with Gasteiger partial charge in [0.1, 0.15) is 11.6 Å². The smallest absolute Gasteiger partial charge is 0.322 e. The molecule has 84 valence electrons. The van der Waals surface area contributed by atoms with Crippen LogP contribution in [0.25, 0.3) is 0 Å². The molecule has 2 rings (SSSR count). The second-order valence-corrected chi connectivity index (χ2v) is 3.96. The van der Waals surface area contributed by atoms with Crippen molar-refractivity contribution in [3.63, 3.8) is 0 Å². The van der Waals surface area contributed by atoms with Gasteiger partial charge in [0.05, 0.1) is 6.10 Å². The number of carbonyl (C=O) groups excluding carboxylic acids is 2. The molecule has 4 atom stereocenters. The second-order valence-electron chi connectivity index (χ2n) is 3.96. The van der Waals surface area contributed by atoms with E-state index in [4.69, 9.17) is 5.11 Å². The van der Waals surface area contributed by atoms with Crippen LogP contribution in [0, 0.1) is 5.92 Å². The minimum atomic E-state index is -1.48. The molecule has 2 fully saturated rings. The van der Waals surface area contributed by atoms with Gasteiger partial charge in [0.25, 0.3) is 5.91 Å². The summed E-state index contributed by atoms with van der Waals surface area (Å²) in [6.45, 7) is -0.344. The molecule has 0 unspecified atom stereocenters. The van der Waals surface area contributed by atoms with Crippen LogP contribution >= 0.6 is 0 Å². The van der Waals surface area contributed by atoms with E-state index in [1.807, 2.05) is 5.32 Å². The Bertz CT molecular complexity index is 320. The first-order valence-electron chi connectivity index (χ1n) is 4.62. The van der Waals surface area contributed by atoms with Gasteiger partial charge in [-0.3, -0.25) is 10.1 Å². The molecule has 7 nitrogen and oxygen atoms in total. The highest BCUT2D eigenvalue weighted by molar-refractivity contribution is 6.07. The van der Waals surface area contributed by atoms with E-state index in [0.29, 0.717) is 0 Å². The number of hydrogen-bond donors (Lipinski definition) is 5. The first kappa shape index (κ1) is 10.3. The van der Waals surface area contributed by atoms with Crippen molar-refractivity contribution in [1.29, 1.82) is 0 Å². The zero-order valence-electron chi connectivity index (χ0n) is 7.80. The van der Waals surface area contributed by atoms with Crippen LogP contribution in [-0.4, -0.2) is 51.6 Å². The van der Waals surface area contributed by atoms with Crippen molar-refractivity contribution >= 4 is 11.9 Å². The monoisotopic (exact) mass is 216 g/mol. The molecule has 1 spiro atoms. The second kappa shape index (κ2) is 3.16. The lowest BCUT2D eigenvalue weighted by atomic mass is 9.94. The quantitative estimate of drug-likeness (QED) is 0.305. The normalized spacial score (nSPS) is 44.6. The van der Waals surface area contributed by atoms with E-state index in [-0.39, 0.29) is 13.0 Å². The van der Waals surface area contributed by atoms with Crippen molar-refractivity contribution in [2.45, 2.75) is 24.2 Å². The Hall–Kier alpha value is -1.18.